The highest BCUT2D eigenvalue weighted by Gasteiger charge is 2.26. The summed E-state index contributed by atoms with van der Waals surface area (Å²) in [6.45, 7) is 2.16. The van der Waals surface area contributed by atoms with E-state index < -0.39 is 12.6 Å². The van der Waals surface area contributed by atoms with E-state index in [1.807, 2.05) is 19.1 Å². The first-order chi connectivity index (χ1) is 13.3. The van der Waals surface area contributed by atoms with Gasteiger partial charge in [0.25, 0.3) is 0 Å². The van der Waals surface area contributed by atoms with Crippen molar-refractivity contribution in [1.29, 1.82) is 0 Å². The lowest BCUT2D eigenvalue weighted by Crippen LogP contribution is -2.27. The minimum absolute atomic E-state index is 0.0393. The molecule has 3 rings (SSSR count). The summed E-state index contributed by atoms with van der Waals surface area (Å²) >= 11 is 1.04. The molecule has 0 aliphatic heterocycles. The molecule has 0 saturated carbocycles. The molecule has 0 bridgehead atoms. The molecule has 0 fully saturated rings. The van der Waals surface area contributed by atoms with Gasteiger partial charge in [0.05, 0.1) is 23.8 Å². The Hall–Kier alpha value is -2.26. The molecule has 0 saturated heterocycles. The number of nitrogens with one attached hydrogen (secondary N) is 1. The Morgan fingerprint density at radius 3 is 2.64 bits per heavy atom. The van der Waals surface area contributed by atoms with Crippen molar-refractivity contribution in [2.75, 3.05) is 12.4 Å². The Labute approximate surface area is 164 Å². The number of halogens is 4. The number of hydrogen-bond acceptors (Lipinski definition) is 4. The maximum absolute atomic E-state index is 13.1. The van der Waals surface area contributed by atoms with Gasteiger partial charge in [-0.1, -0.05) is 11.9 Å². The van der Waals surface area contributed by atoms with Gasteiger partial charge in [0, 0.05) is 17.2 Å². The van der Waals surface area contributed by atoms with Crippen molar-refractivity contribution in [1.82, 2.24) is 14.5 Å². The van der Waals surface area contributed by atoms with Crippen molar-refractivity contribution in [2.45, 2.75) is 25.6 Å². The van der Waals surface area contributed by atoms with Gasteiger partial charge < -0.3 is 4.74 Å². The predicted molar refractivity (Wildman–Crippen MR) is 102 cm³/mol. The molecule has 1 heterocycles. The zero-order chi connectivity index (χ0) is 20.1. The third-order valence-corrected chi connectivity index (χ3v) is 4.86. The summed E-state index contributed by atoms with van der Waals surface area (Å²) in [5.74, 6) is 0.290. The first-order valence-electron chi connectivity index (χ1n) is 8.62. The summed E-state index contributed by atoms with van der Waals surface area (Å²) in [4.78, 5) is 0. The van der Waals surface area contributed by atoms with Gasteiger partial charge in [-0.25, -0.2) is 9.07 Å². The maximum Gasteiger partial charge on any atom is 0.389 e. The Balaban J connectivity index is 1.56. The van der Waals surface area contributed by atoms with E-state index in [1.165, 1.54) is 12.1 Å². The van der Waals surface area contributed by atoms with E-state index in [1.54, 1.807) is 29.1 Å². The summed E-state index contributed by atoms with van der Waals surface area (Å²) in [7, 11) is 0. The minimum Gasteiger partial charge on any atom is -0.492 e. The van der Waals surface area contributed by atoms with E-state index >= 15 is 0 Å². The lowest BCUT2D eigenvalue weighted by Gasteiger charge is -2.15. The van der Waals surface area contributed by atoms with Crippen LogP contribution in [0.2, 0.25) is 0 Å². The molecule has 0 aliphatic rings. The van der Waals surface area contributed by atoms with Crippen LogP contribution >= 0.6 is 11.9 Å². The molecule has 0 spiro atoms. The van der Waals surface area contributed by atoms with E-state index in [4.69, 9.17) is 4.74 Å². The molecule has 3 aromatic rings. The number of benzene rings is 2. The number of alkyl halides is 3. The van der Waals surface area contributed by atoms with Gasteiger partial charge in [-0.2, -0.15) is 18.3 Å². The van der Waals surface area contributed by atoms with Crippen LogP contribution in [0.3, 0.4) is 0 Å². The van der Waals surface area contributed by atoms with Crippen LogP contribution in [-0.4, -0.2) is 34.4 Å². The largest absolute Gasteiger partial charge is 0.492 e. The molecule has 0 aliphatic carbocycles. The molecule has 1 atom stereocenters. The SMILES string of the molecule is CC(COc1ccc2c(cnn2-c2ccc(F)cc2)c1)NSCCC(F)(F)F. The fourth-order valence-electron chi connectivity index (χ4n) is 2.51. The number of ether oxygens (including phenoxy) is 1. The van der Waals surface area contributed by atoms with E-state index in [2.05, 4.69) is 9.82 Å². The summed E-state index contributed by atoms with van der Waals surface area (Å²) in [6, 6.07) is 11.4. The van der Waals surface area contributed by atoms with Gasteiger partial charge in [0.2, 0.25) is 0 Å². The van der Waals surface area contributed by atoms with Crippen molar-refractivity contribution >= 4 is 22.9 Å². The fraction of sp³-hybridized carbons (Fsp3) is 0.316. The average Bonchev–Trinajstić information content (AvgIpc) is 3.07. The number of rotatable bonds is 8. The zero-order valence-corrected chi connectivity index (χ0v) is 15.9. The maximum atomic E-state index is 13.1. The summed E-state index contributed by atoms with van der Waals surface area (Å²) in [5, 5.41) is 5.20. The van der Waals surface area contributed by atoms with E-state index in [9.17, 15) is 17.6 Å². The Morgan fingerprint density at radius 1 is 1.18 bits per heavy atom. The Kier molecular flexibility index (Phi) is 6.46. The van der Waals surface area contributed by atoms with Crippen molar-refractivity contribution in [3.8, 4) is 11.4 Å². The third kappa shape index (κ3) is 5.62. The zero-order valence-electron chi connectivity index (χ0n) is 15.0. The molecule has 0 amide bonds. The Morgan fingerprint density at radius 2 is 1.93 bits per heavy atom. The van der Waals surface area contributed by atoms with Crippen LogP contribution in [0, 0.1) is 5.82 Å². The van der Waals surface area contributed by atoms with Crippen LogP contribution in [0.4, 0.5) is 17.6 Å². The van der Waals surface area contributed by atoms with Crippen LogP contribution < -0.4 is 9.46 Å². The van der Waals surface area contributed by atoms with Gasteiger partial charge >= 0.3 is 6.18 Å². The molecule has 1 unspecified atom stereocenters. The lowest BCUT2D eigenvalue weighted by atomic mass is 10.2. The second-order valence-corrected chi connectivity index (χ2v) is 7.23. The van der Waals surface area contributed by atoms with Gasteiger partial charge in [-0.05, 0) is 49.4 Å². The van der Waals surface area contributed by atoms with Gasteiger partial charge in [-0.3, -0.25) is 4.72 Å². The van der Waals surface area contributed by atoms with E-state index in [0.29, 0.717) is 12.4 Å². The molecular formula is C19H19F4N3OS. The molecule has 9 heteroatoms. The number of nitrogens with zero attached hydrogens (tertiary/aromatic N) is 2. The molecule has 1 aromatic heterocycles. The number of aromatic nitrogens is 2. The topological polar surface area (TPSA) is 39.1 Å². The van der Waals surface area contributed by atoms with Crippen molar-refractivity contribution in [3.05, 3.63) is 54.5 Å². The fourth-order valence-corrected chi connectivity index (χ4v) is 3.32. The standard InChI is InChI=1S/C19H19F4N3OS/c1-13(25-28-9-8-19(21,22)23)12-27-17-6-7-18-14(10-17)11-24-26(18)16-4-2-15(20)3-5-16/h2-7,10-11,13,25H,8-9,12H2,1H3. The lowest BCUT2D eigenvalue weighted by molar-refractivity contribution is -0.129. The normalized spacial score (nSPS) is 13.0. The van der Waals surface area contributed by atoms with Crippen LogP contribution in [0.1, 0.15) is 13.3 Å². The summed E-state index contributed by atoms with van der Waals surface area (Å²) in [5.41, 5.74) is 1.60. The molecule has 0 radical (unpaired) electrons. The predicted octanol–water partition coefficient (Wildman–Crippen LogP) is 5.12. The van der Waals surface area contributed by atoms with E-state index in [0.717, 1.165) is 28.5 Å². The van der Waals surface area contributed by atoms with Crippen LogP contribution in [0.15, 0.2) is 48.7 Å². The molecule has 4 nitrogen and oxygen atoms in total. The van der Waals surface area contributed by atoms with Crippen LogP contribution in [0.25, 0.3) is 16.6 Å². The smallest absolute Gasteiger partial charge is 0.389 e. The average molecular weight is 413 g/mol. The Bertz CT molecular complexity index is 912. The minimum atomic E-state index is -4.14. The van der Waals surface area contributed by atoms with E-state index in [-0.39, 0.29) is 17.6 Å². The molecular weight excluding hydrogens is 394 g/mol. The van der Waals surface area contributed by atoms with Gasteiger partial charge in [0.15, 0.2) is 0 Å². The quantitative estimate of drug-likeness (QED) is 0.316. The van der Waals surface area contributed by atoms with Crippen LogP contribution in [-0.2, 0) is 0 Å². The summed E-state index contributed by atoms with van der Waals surface area (Å²) in [6.07, 6.45) is -3.27. The third-order valence-electron chi connectivity index (χ3n) is 3.88. The summed E-state index contributed by atoms with van der Waals surface area (Å²) < 4.78 is 59.8. The van der Waals surface area contributed by atoms with Crippen molar-refractivity contribution in [2.24, 2.45) is 0 Å². The van der Waals surface area contributed by atoms with Crippen LogP contribution in [0.5, 0.6) is 5.75 Å². The second kappa shape index (κ2) is 8.83. The highest BCUT2D eigenvalue weighted by atomic mass is 32.2. The first-order valence-corrected chi connectivity index (χ1v) is 9.61. The molecule has 1 N–H and O–H groups in total. The van der Waals surface area contributed by atoms with Crippen molar-refractivity contribution in [3.63, 3.8) is 0 Å². The van der Waals surface area contributed by atoms with Crippen molar-refractivity contribution < 1.29 is 22.3 Å². The monoisotopic (exact) mass is 413 g/mol. The van der Waals surface area contributed by atoms with Gasteiger partial charge in [0.1, 0.15) is 18.2 Å². The highest BCUT2D eigenvalue weighted by Crippen LogP contribution is 2.24. The highest BCUT2D eigenvalue weighted by molar-refractivity contribution is 7.97. The molecule has 150 valence electrons. The number of fused-ring (bicyclic) bond motifs is 1. The van der Waals surface area contributed by atoms with Gasteiger partial charge in [-0.15, -0.1) is 0 Å². The molecule has 2 aromatic carbocycles. The second-order valence-electron chi connectivity index (χ2n) is 6.30. The molecule has 28 heavy (non-hydrogen) atoms. The number of hydrogen-bond donors (Lipinski definition) is 1. The first kappa shape index (κ1) is 20.5.